The van der Waals surface area contributed by atoms with Crippen LogP contribution < -0.4 is 15.5 Å². The molecule has 170 valence electrons. The van der Waals surface area contributed by atoms with Crippen LogP contribution in [0, 0.1) is 0 Å². The van der Waals surface area contributed by atoms with Crippen molar-refractivity contribution in [2.24, 2.45) is 0 Å². The van der Waals surface area contributed by atoms with Crippen LogP contribution in [0.3, 0.4) is 0 Å². The molecular formula is C25H26N4O4. The second kappa shape index (κ2) is 10.0. The lowest BCUT2D eigenvalue weighted by molar-refractivity contribution is -0.123. The van der Waals surface area contributed by atoms with Crippen LogP contribution in [-0.4, -0.2) is 42.4 Å². The predicted octanol–water partition coefficient (Wildman–Crippen LogP) is 3.87. The number of piperidine rings is 1. The highest BCUT2D eigenvalue weighted by Crippen LogP contribution is 2.23. The van der Waals surface area contributed by atoms with Crippen LogP contribution in [0.1, 0.15) is 29.0 Å². The second-order valence-corrected chi connectivity index (χ2v) is 7.88. The lowest BCUT2D eigenvalue weighted by Gasteiger charge is -2.36. The fraction of sp³-hybridized carbons (Fsp3) is 0.240. The Balaban J connectivity index is 1.34. The lowest BCUT2D eigenvalue weighted by Crippen LogP contribution is -2.55. The third-order valence-electron chi connectivity index (χ3n) is 5.64. The van der Waals surface area contributed by atoms with Gasteiger partial charge in [0.1, 0.15) is 6.04 Å². The highest BCUT2D eigenvalue weighted by Gasteiger charge is 2.34. The highest BCUT2D eigenvalue weighted by atomic mass is 16.3. The third-order valence-corrected chi connectivity index (χ3v) is 5.64. The molecular weight excluding hydrogens is 420 g/mol. The van der Waals surface area contributed by atoms with Gasteiger partial charge in [-0.1, -0.05) is 30.3 Å². The van der Waals surface area contributed by atoms with E-state index in [9.17, 15) is 14.4 Å². The summed E-state index contributed by atoms with van der Waals surface area (Å²) in [7, 11) is 1.65. The van der Waals surface area contributed by atoms with Crippen molar-refractivity contribution in [2.75, 3.05) is 23.8 Å². The summed E-state index contributed by atoms with van der Waals surface area (Å²) in [5.74, 6) is -0.204. The minimum atomic E-state index is -0.516. The number of furan rings is 1. The Kier molecular flexibility index (Phi) is 6.73. The summed E-state index contributed by atoms with van der Waals surface area (Å²) in [5.41, 5.74) is 2.25. The first-order valence-electron chi connectivity index (χ1n) is 10.8. The van der Waals surface area contributed by atoms with Crippen LogP contribution in [0.2, 0.25) is 0 Å². The number of carbonyl (C=O) groups excluding carboxylic acids is 3. The Hall–Kier alpha value is -4.07. The van der Waals surface area contributed by atoms with Crippen LogP contribution in [0.25, 0.3) is 0 Å². The van der Waals surface area contributed by atoms with Crippen LogP contribution in [0.5, 0.6) is 0 Å². The number of hydrogen-bond donors (Lipinski definition) is 2. The summed E-state index contributed by atoms with van der Waals surface area (Å²) in [6.07, 6.45) is 2.88. The Morgan fingerprint density at radius 1 is 1.09 bits per heavy atom. The van der Waals surface area contributed by atoms with Crippen molar-refractivity contribution in [1.82, 2.24) is 10.2 Å². The van der Waals surface area contributed by atoms with E-state index in [2.05, 4.69) is 10.6 Å². The maximum absolute atomic E-state index is 13.0. The number of nitrogens with one attached hydrogen (secondary N) is 2. The molecule has 3 aromatic rings. The molecule has 1 unspecified atom stereocenters. The fourth-order valence-electron chi connectivity index (χ4n) is 3.88. The Morgan fingerprint density at radius 3 is 2.67 bits per heavy atom. The van der Waals surface area contributed by atoms with Gasteiger partial charge in [0.05, 0.1) is 6.26 Å². The topological polar surface area (TPSA) is 94.9 Å². The smallest absolute Gasteiger partial charge is 0.318 e. The van der Waals surface area contributed by atoms with E-state index in [-0.39, 0.29) is 30.2 Å². The van der Waals surface area contributed by atoms with Gasteiger partial charge in [0, 0.05) is 31.5 Å². The summed E-state index contributed by atoms with van der Waals surface area (Å²) in [4.78, 5) is 41.2. The standard InChI is InChI=1S/C25H26N4O4/c1-28(21-12-6-14-29(24(21)31)20-10-3-2-4-11-20)25(32)26-17-18-8-5-9-19(16-18)27-23(30)22-13-7-15-33-22/h2-5,7-11,13,15-16,21H,6,12,14,17H2,1H3,(H,26,32)(H,27,30). The van der Waals surface area contributed by atoms with Gasteiger partial charge >= 0.3 is 6.03 Å². The maximum Gasteiger partial charge on any atom is 0.318 e. The molecule has 1 aliphatic heterocycles. The minimum Gasteiger partial charge on any atom is -0.459 e. The number of para-hydroxylation sites is 1. The van der Waals surface area contributed by atoms with Crippen LogP contribution >= 0.6 is 0 Å². The molecule has 1 saturated heterocycles. The van der Waals surface area contributed by atoms with Crippen LogP contribution in [0.4, 0.5) is 16.2 Å². The van der Waals surface area contributed by atoms with Crippen molar-refractivity contribution < 1.29 is 18.8 Å². The summed E-state index contributed by atoms with van der Waals surface area (Å²) in [6, 6.07) is 19.1. The van der Waals surface area contributed by atoms with E-state index < -0.39 is 6.04 Å². The fourth-order valence-corrected chi connectivity index (χ4v) is 3.88. The van der Waals surface area contributed by atoms with Gasteiger partial charge in [-0.05, 0) is 54.8 Å². The van der Waals surface area contributed by atoms with Gasteiger partial charge in [0.15, 0.2) is 5.76 Å². The van der Waals surface area contributed by atoms with Gasteiger partial charge in [0.2, 0.25) is 5.91 Å². The number of nitrogens with zero attached hydrogens (tertiary/aromatic N) is 2. The molecule has 2 aromatic carbocycles. The average molecular weight is 447 g/mol. The van der Waals surface area contributed by atoms with E-state index in [1.807, 2.05) is 36.4 Å². The number of rotatable bonds is 6. The molecule has 4 rings (SSSR count). The van der Waals surface area contributed by atoms with E-state index in [1.54, 1.807) is 42.3 Å². The van der Waals surface area contributed by atoms with Crippen molar-refractivity contribution in [1.29, 1.82) is 0 Å². The lowest BCUT2D eigenvalue weighted by atomic mass is 10.0. The Bertz CT molecular complexity index is 1110. The van der Waals surface area contributed by atoms with Gasteiger partial charge < -0.3 is 24.9 Å². The molecule has 2 N–H and O–H groups in total. The predicted molar refractivity (Wildman–Crippen MR) is 125 cm³/mol. The molecule has 2 heterocycles. The molecule has 1 fully saturated rings. The normalized spacial score (nSPS) is 15.7. The molecule has 8 heteroatoms. The summed E-state index contributed by atoms with van der Waals surface area (Å²) < 4.78 is 5.10. The number of likely N-dealkylation sites (N-methyl/N-ethyl adjacent to an activating group) is 1. The average Bonchev–Trinajstić information content (AvgIpc) is 3.38. The van der Waals surface area contributed by atoms with Crippen molar-refractivity contribution >= 4 is 29.2 Å². The zero-order valence-corrected chi connectivity index (χ0v) is 18.4. The summed E-state index contributed by atoms with van der Waals surface area (Å²) in [5, 5.41) is 5.63. The first-order valence-corrected chi connectivity index (χ1v) is 10.8. The molecule has 1 atom stereocenters. The number of carbonyl (C=O) groups is 3. The van der Waals surface area contributed by atoms with Gasteiger partial charge in [-0.2, -0.15) is 0 Å². The highest BCUT2D eigenvalue weighted by molar-refractivity contribution is 6.02. The van der Waals surface area contributed by atoms with Crippen LogP contribution in [-0.2, 0) is 11.3 Å². The van der Waals surface area contributed by atoms with Crippen molar-refractivity contribution in [2.45, 2.75) is 25.4 Å². The zero-order chi connectivity index (χ0) is 23.2. The molecule has 33 heavy (non-hydrogen) atoms. The molecule has 0 saturated carbocycles. The number of amides is 4. The second-order valence-electron chi connectivity index (χ2n) is 7.88. The van der Waals surface area contributed by atoms with Crippen molar-refractivity contribution in [3.05, 3.63) is 84.3 Å². The monoisotopic (exact) mass is 446 g/mol. The maximum atomic E-state index is 13.0. The van der Waals surface area contributed by atoms with E-state index in [1.165, 1.54) is 11.2 Å². The van der Waals surface area contributed by atoms with Crippen LogP contribution in [0.15, 0.2) is 77.4 Å². The van der Waals surface area contributed by atoms with Gasteiger partial charge in [-0.15, -0.1) is 0 Å². The largest absolute Gasteiger partial charge is 0.459 e. The molecule has 0 spiro atoms. The quantitative estimate of drug-likeness (QED) is 0.601. The zero-order valence-electron chi connectivity index (χ0n) is 18.4. The molecule has 4 amide bonds. The van der Waals surface area contributed by atoms with E-state index >= 15 is 0 Å². The van der Waals surface area contributed by atoms with Crippen molar-refractivity contribution in [3.8, 4) is 0 Å². The molecule has 0 aliphatic carbocycles. The molecule has 1 aliphatic rings. The first-order chi connectivity index (χ1) is 16.0. The van der Waals surface area contributed by atoms with Gasteiger partial charge in [-0.3, -0.25) is 9.59 Å². The number of hydrogen-bond acceptors (Lipinski definition) is 4. The molecule has 8 nitrogen and oxygen atoms in total. The van der Waals surface area contributed by atoms with Crippen molar-refractivity contribution in [3.63, 3.8) is 0 Å². The SMILES string of the molecule is CN(C(=O)NCc1cccc(NC(=O)c2ccco2)c1)C1CCCN(c2ccccc2)C1=O. The molecule has 1 aromatic heterocycles. The number of anilines is 2. The van der Waals surface area contributed by atoms with E-state index in [0.29, 0.717) is 18.7 Å². The molecule has 0 bridgehead atoms. The van der Waals surface area contributed by atoms with Gasteiger partial charge in [0.25, 0.3) is 5.91 Å². The van der Waals surface area contributed by atoms with E-state index in [0.717, 1.165) is 17.7 Å². The first kappa shape index (κ1) is 22.1. The minimum absolute atomic E-state index is 0.0762. The van der Waals surface area contributed by atoms with Gasteiger partial charge in [-0.25, -0.2) is 4.79 Å². The Morgan fingerprint density at radius 2 is 1.91 bits per heavy atom. The Labute approximate surface area is 192 Å². The number of benzene rings is 2. The summed E-state index contributed by atoms with van der Waals surface area (Å²) in [6.45, 7) is 0.905. The molecule has 0 radical (unpaired) electrons. The third kappa shape index (κ3) is 5.23. The van der Waals surface area contributed by atoms with E-state index in [4.69, 9.17) is 4.42 Å². The summed E-state index contributed by atoms with van der Waals surface area (Å²) >= 11 is 0. The number of urea groups is 1.